The van der Waals surface area contributed by atoms with E-state index in [0.29, 0.717) is 0 Å². The van der Waals surface area contributed by atoms with Crippen molar-refractivity contribution in [3.05, 3.63) is 34.1 Å². The third kappa shape index (κ3) is 2.67. The lowest BCUT2D eigenvalue weighted by Crippen LogP contribution is -2.06. The first-order valence-electron chi connectivity index (χ1n) is 4.03. The van der Waals surface area contributed by atoms with Crippen LogP contribution in [0.3, 0.4) is 0 Å². The summed E-state index contributed by atoms with van der Waals surface area (Å²) in [6.07, 6.45) is -0.151. The molecule has 0 heterocycles. The van der Waals surface area contributed by atoms with Gasteiger partial charge >= 0.3 is 5.97 Å². The van der Waals surface area contributed by atoms with Crippen molar-refractivity contribution in [3.8, 4) is 6.07 Å². The van der Waals surface area contributed by atoms with Gasteiger partial charge in [0.2, 0.25) is 0 Å². The fourth-order valence-corrected chi connectivity index (χ4v) is 1.24. The van der Waals surface area contributed by atoms with Crippen LogP contribution >= 0.6 is 11.6 Å². The Hall–Kier alpha value is -1.60. The third-order valence-electron chi connectivity index (χ3n) is 1.80. The molecule has 5 heteroatoms. The first-order valence-corrected chi connectivity index (χ1v) is 4.41. The first kappa shape index (κ1) is 11.5. The van der Waals surface area contributed by atoms with Gasteiger partial charge in [-0.1, -0.05) is 11.6 Å². The van der Waals surface area contributed by atoms with E-state index in [4.69, 9.17) is 16.9 Å². The van der Waals surface area contributed by atoms with Gasteiger partial charge in [0.05, 0.1) is 30.2 Å². The summed E-state index contributed by atoms with van der Waals surface area (Å²) < 4.78 is 17.6. The van der Waals surface area contributed by atoms with Gasteiger partial charge in [0.15, 0.2) is 0 Å². The maximum absolute atomic E-state index is 13.1. The molecule has 1 aromatic rings. The molecule has 1 aromatic carbocycles. The Kier molecular flexibility index (Phi) is 3.64. The van der Waals surface area contributed by atoms with Gasteiger partial charge in [-0.25, -0.2) is 4.39 Å². The van der Waals surface area contributed by atoms with Crippen LogP contribution in [0.25, 0.3) is 0 Å². The third-order valence-corrected chi connectivity index (χ3v) is 2.22. The maximum atomic E-state index is 13.1. The van der Waals surface area contributed by atoms with Crippen molar-refractivity contribution < 1.29 is 13.9 Å². The van der Waals surface area contributed by atoms with Crippen LogP contribution in [0.2, 0.25) is 5.02 Å². The fourth-order valence-electron chi connectivity index (χ4n) is 1.07. The van der Waals surface area contributed by atoms with Gasteiger partial charge in [0, 0.05) is 0 Å². The van der Waals surface area contributed by atoms with Crippen molar-refractivity contribution in [2.75, 3.05) is 7.11 Å². The van der Waals surface area contributed by atoms with Crippen molar-refractivity contribution in [3.63, 3.8) is 0 Å². The van der Waals surface area contributed by atoms with Gasteiger partial charge in [-0.15, -0.1) is 0 Å². The van der Waals surface area contributed by atoms with Crippen molar-refractivity contribution >= 4 is 17.6 Å². The van der Waals surface area contributed by atoms with E-state index in [2.05, 4.69) is 4.74 Å². The minimum absolute atomic E-state index is 0.121. The average Bonchev–Trinajstić information content (AvgIpc) is 2.24. The van der Waals surface area contributed by atoms with Crippen LogP contribution < -0.4 is 0 Å². The fraction of sp³-hybridized carbons (Fsp3) is 0.200. The summed E-state index contributed by atoms with van der Waals surface area (Å²) in [5.41, 5.74) is 0.371. The Bertz CT molecular complexity index is 440. The highest BCUT2D eigenvalue weighted by molar-refractivity contribution is 6.31. The molecule has 1 rings (SSSR count). The molecule has 0 radical (unpaired) electrons. The molecular weight excluding hydrogens is 221 g/mol. The monoisotopic (exact) mass is 227 g/mol. The molecule has 3 nitrogen and oxygen atoms in total. The number of hydrogen-bond donors (Lipinski definition) is 0. The Morgan fingerprint density at radius 1 is 1.67 bits per heavy atom. The summed E-state index contributed by atoms with van der Waals surface area (Å²) in [5.74, 6) is -1.25. The van der Waals surface area contributed by atoms with Crippen LogP contribution in [0.4, 0.5) is 4.39 Å². The molecule has 0 saturated heterocycles. The summed E-state index contributed by atoms with van der Waals surface area (Å²) in [4.78, 5) is 11.0. The normalized spacial score (nSPS) is 9.47. The molecule has 0 aromatic heterocycles. The second kappa shape index (κ2) is 4.76. The van der Waals surface area contributed by atoms with E-state index < -0.39 is 11.8 Å². The predicted octanol–water partition coefficient (Wildman–Crippen LogP) is 2.07. The van der Waals surface area contributed by atoms with Crippen LogP contribution in [-0.4, -0.2) is 13.1 Å². The molecule has 0 bridgehead atoms. The number of nitriles is 1. The zero-order chi connectivity index (χ0) is 11.4. The van der Waals surface area contributed by atoms with E-state index >= 15 is 0 Å². The highest BCUT2D eigenvalue weighted by Gasteiger charge is 2.12. The molecule has 0 fully saturated rings. The van der Waals surface area contributed by atoms with E-state index in [-0.39, 0.29) is 22.6 Å². The standard InChI is InChI=1S/C10H7ClFNO2/c1-15-9(14)4-7-2-6(5-13)3-8(12)10(7)11/h2-3H,4H2,1H3. The summed E-state index contributed by atoms with van der Waals surface area (Å²) in [6.45, 7) is 0. The summed E-state index contributed by atoms with van der Waals surface area (Å²) in [5, 5.41) is 8.44. The van der Waals surface area contributed by atoms with E-state index in [1.54, 1.807) is 6.07 Å². The van der Waals surface area contributed by atoms with Gasteiger partial charge in [-0.05, 0) is 17.7 Å². The molecule has 0 saturated carbocycles. The van der Waals surface area contributed by atoms with Crippen LogP contribution in [0, 0.1) is 17.1 Å². The highest BCUT2D eigenvalue weighted by atomic mass is 35.5. The number of carbonyl (C=O) groups is 1. The molecule has 0 N–H and O–H groups in total. The van der Waals surface area contributed by atoms with Crippen molar-refractivity contribution in [1.82, 2.24) is 0 Å². The van der Waals surface area contributed by atoms with Crippen molar-refractivity contribution in [2.45, 2.75) is 6.42 Å². The molecule has 0 amide bonds. The van der Waals surface area contributed by atoms with Crippen LogP contribution in [0.15, 0.2) is 12.1 Å². The Labute approximate surface area is 91.0 Å². The molecule has 0 atom stereocenters. The SMILES string of the molecule is COC(=O)Cc1cc(C#N)cc(F)c1Cl. The molecule has 0 aliphatic heterocycles. The van der Waals surface area contributed by atoms with E-state index in [1.165, 1.54) is 13.2 Å². The highest BCUT2D eigenvalue weighted by Crippen LogP contribution is 2.22. The summed E-state index contributed by atoms with van der Waals surface area (Å²) in [6, 6.07) is 4.16. The molecular formula is C10H7ClFNO2. The Morgan fingerprint density at radius 3 is 2.87 bits per heavy atom. The van der Waals surface area contributed by atoms with Gasteiger partial charge in [0.1, 0.15) is 5.82 Å². The second-order valence-electron chi connectivity index (χ2n) is 2.80. The van der Waals surface area contributed by atoms with Crippen molar-refractivity contribution in [2.24, 2.45) is 0 Å². The lowest BCUT2D eigenvalue weighted by Gasteiger charge is -2.04. The second-order valence-corrected chi connectivity index (χ2v) is 3.17. The topological polar surface area (TPSA) is 50.1 Å². The number of carbonyl (C=O) groups excluding carboxylic acids is 1. The summed E-state index contributed by atoms with van der Waals surface area (Å²) in [7, 11) is 1.22. The molecule has 0 aliphatic carbocycles. The van der Waals surface area contributed by atoms with Crippen LogP contribution in [0.1, 0.15) is 11.1 Å². The zero-order valence-corrected chi connectivity index (χ0v) is 8.64. The molecule has 15 heavy (non-hydrogen) atoms. The molecule has 0 aliphatic rings. The van der Waals surface area contributed by atoms with E-state index in [0.717, 1.165) is 6.07 Å². The lowest BCUT2D eigenvalue weighted by molar-refractivity contribution is -0.139. The number of esters is 1. The summed E-state index contributed by atoms with van der Waals surface area (Å²) >= 11 is 5.63. The van der Waals surface area contributed by atoms with Gasteiger partial charge in [-0.3, -0.25) is 4.79 Å². The number of nitrogens with zero attached hydrogens (tertiary/aromatic N) is 1. The number of halogens is 2. The number of methoxy groups -OCH3 is 1. The predicted molar refractivity (Wildman–Crippen MR) is 51.8 cm³/mol. The lowest BCUT2D eigenvalue weighted by atomic mass is 10.1. The number of hydrogen-bond acceptors (Lipinski definition) is 3. The molecule has 0 spiro atoms. The van der Waals surface area contributed by atoms with Gasteiger partial charge in [0.25, 0.3) is 0 Å². The number of benzene rings is 1. The van der Waals surface area contributed by atoms with Crippen molar-refractivity contribution in [1.29, 1.82) is 5.26 Å². The molecule has 0 unspecified atom stereocenters. The smallest absolute Gasteiger partial charge is 0.310 e. The maximum Gasteiger partial charge on any atom is 0.310 e. The first-order chi connectivity index (χ1) is 7.08. The molecule has 78 valence electrons. The zero-order valence-electron chi connectivity index (χ0n) is 7.88. The van der Waals surface area contributed by atoms with E-state index in [1.807, 2.05) is 0 Å². The number of ether oxygens (including phenoxy) is 1. The Morgan fingerprint density at radius 2 is 2.33 bits per heavy atom. The van der Waals surface area contributed by atoms with Crippen LogP contribution in [-0.2, 0) is 16.0 Å². The van der Waals surface area contributed by atoms with Gasteiger partial charge in [-0.2, -0.15) is 5.26 Å². The number of rotatable bonds is 2. The Balaban J connectivity index is 3.12. The largest absolute Gasteiger partial charge is 0.469 e. The minimum Gasteiger partial charge on any atom is -0.469 e. The van der Waals surface area contributed by atoms with Crippen LogP contribution in [0.5, 0.6) is 0 Å². The average molecular weight is 228 g/mol. The van der Waals surface area contributed by atoms with Gasteiger partial charge < -0.3 is 4.74 Å². The van der Waals surface area contributed by atoms with E-state index in [9.17, 15) is 9.18 Å². The quantitative estimate of drug-likeness (QED) is 0.727. The minimum atomic E-state index is -0.713.